The largest absolute Gasteiger partial charge is 0.573 e. The number of halogens is 3. The van der Waals surface area contributed by atoms with Gasteiger partial charge >= 0.3 is 6.36 Å². The molecule has 0 saturated carbocycles. The summed E-state index contributed by atoms with van der Waals surface area (Å²) < 4.78 is 40.4. The molecule has 0 aliphatic carbocycles. The molecule has 0 N–H and O–H groups in total. The summed E-state index contributed by atoms with van der Waals surface area (Å²) in [6.07, 6.45) is -0.346. The van der Waals surface area contributed by atoms with Crippen molar-refractivity contribution >= 4 is 5.91 Å². The minimum atomic E-state index is -4.72. The molecule has 2 fully saturated rings. The van der Waals surface area contributed by atoms with E-state index in [4.69, 9.17) is 0 Å². The summed E-state index contributed by atoms with van der Waals surface area (Å²) in [7, 11) is 0. The highest BCUT2D eigenvalue weighted by molar-refractivity contribution is 5.94. The van der Waals surface area contributed by atoms with E-state index in [0.29, 0.717) is 12.1 Å². The third kappa shape index (κ3) is 4.20. The molecule has 1 atom stereocenters. The summed E-state index contributed by atoms with van der Waals surface area (Å²) >= 11 is 0. The Labute approximate surface area is 139 Å². The van der Waals surface area contributed by atoms with Crippen LogP contribution in [0.15, 0.2) is 24.3 Å². The predicted octanol–water partition coefficient (Wildman–Crippen LogP) is 3.29. The van der Waals surface area contributed by atoms with Crippen molar-refractivity contribution in [1.82, 2.24) is 9.80 Å². The number of carbonyl (C=O) groups is 1. The van der Waals surface area contributed by atoms with Gasteiger partial charge in [-0.15, -0.1) is 13.2 Å². The fraction of sp³-hybridized carbons (Fsp3) is 0.588. The molecule has 0 aromatic heterocycles. The summed E-state index contributed by atoms with van der Waals surface area (Å²) in [5, 5.41) is 0. The summed E-state index contributed by atoms with van der Waals surface area (Å²) in [6, 6.07) is 5.36. The lowest BCUT2D eigenvalue weighted by Crippen LogP contribution is -2.42. The van der Waals surface area contributed by atoms with E-state index in [1.54, 1.807) is 0 Å². The van der Waals surface area contributed by atoms with E-state index in [-0.39, 0.29) is 17.7 Å². The van der Waals surface area contributed by atoms with Gasteiger partial charge in [0, 0.05) is 24.7 Å². The molecule has 2 aliphatic heterocycles. The SMILES string of the molecule is O=C(c1ccc(OC(F)(F)F)cc1)N1CCC[C@H]1CN1CCCC1. The van der Waals surface area contributed by atoms with E-state index in [1.165, 1.54) is 37.1 Å². The van der Waals surface area contributed by atoms with Crippen LogP contribution < -0.4 is 4.74 Å². The molecule has 2 aliphatic rings. The fourth-order valence-corrected chi connectivity index (χ4v) is 3.52. The van der Waals surface area contributed by atoms with Gasteiger partial charge in [0.2, 0.25) is 0 Å². The Morgan fingerprint density at radius 1 is 1.08 bits per heavy atom. The smallest absolute Gasteiger partial charge is 0.406 e. The zero-order chi connectivity index (χ0) is 17.2. The van der Waals surface area contributed by atoms with Crippen LogP contribution in [0, 0.1) is 0 Å². The van der Waals surface area contributed by atoms with E-state index < -0.39 is 6.36 Å². The van der Waals surface area contributed by atoms with E-state index in [9.17, 15) is 18.0 Å². The van der Waals surface area contributed by atoms with Crippen molar-refractivity contribution in [3.63, 3.8) is 0 Å². The van der Waals surface area contributed by atoms with Gasteiger partial charge in [-0.3, -0.25) is 4.79 Å². The highest BCUT2D eigenvalue weighted by atomic mass is 19.4. The minimum Gasteiger partial charge on any atom is -0.406 e. The minimum absolute atomic E-state index is 0.116. The highest BCUT2D eigenvalue weighted by Crippen LogP contribution is 2.25. The van der Waals surface area contributed by atoms with Gasteiger partial charge in [0.25, 0.3) is 5.91 Å². The van der Waals surface area contributed by atoms with Gasteiger partial charge in [-0.1, -0.05) is 0 Å². The first-order chi connectivity index (χ1) is 11.4. The van der Waals surface area contributed by atoms with Gasteiger partial charge in [0.15, 0.2) is 0 Å². The molecule has 0 radical (unpaired) electrons. The van der Waals surface area contributed by atoms with Crippen molar-refractivity contribution in [3.8, 4) is 5.75 Å². The number of amides is 1. The van der Waals surface area contributed by atoms with E-state index in [2.05, 4.69) is 9.64 Å². The van der Waals surface area contributed by atoms with Crippen LogP contribution in [0.5, 0.6) is 5.75 Å². The summed E-state index contributed by atoms with van der Waals surface area (Å²) in [6.45, 7) is 3.77. The average Bonchev–Trinajstić information content (AvgIpc) is 3.18. The number of rotatable bonds is 4. The highest BCUT2D eigenvalue weighted by Gasteiger charge is 2.33. The van der Waals surface area contributed by atoms with Crippen molar-refractivity contribution in [2.75, 3.05) is 26.2 Å². The third-order valence-corrected chi connectivity index (χ3v) is 4.64. The standard InChI is InChI=1S/C17H21F3N2O2/c18-17(19,20)24-15-7-5-13(6-8-15)16(23)22-11-3-4-14(22)12-21-9-1-2-10-21/h5-8,14H,1-4,9-12H2/t14-/m0/s1. The van der Waals surface area contributed by atoms with Gasteiger partial charge in [-0.2, -0.15) is 0 Å². The maximum Gasteiger partial charge on any atom is 0.573 e. The molecule has 0 unspecified atom stereocenters. The number of likely N-dealkylation sites (tertiary alicyclic amines) is 2. The second-order valence-corrected chi connectivity index (χ2v) is 6.37. The topological polar surface area (TPSA) is 32.8 Å². The van der Waals surface area contributed by atoms with Crippen LogP contribution in [0.2, 0.25) is 0 Å². The van der Waals surface area contributed by atoms with Gasteiger partial charge in [-0.05, 0) is 63.0 Å². The Hall–Kier alpha value is -1.76. The molecular weight excluding hydrogens is 321 g/mol. The van der Waals surface area contributed by atoms with Gasteiger partial charge in [0.05, 0.1) is 0 Å². The quantitative estimate of drug-likeness (QED) is 0.842. The summed E-state index contributed by atoms with van der Waals surface area (Å²) in [4.78, 5) is 16.9. The number of hydrogen-bond acceptors (Lipinski definition) is 3. The molecule has 4 nitrogen and oxygen atoms in total. The fourth-order valence-electron chi connectivity index (χ4n) is 3.52. The molecule has 2 saturated heterocycles. The monoisotopic (exact) mass is 342 g/mol. The van der Waals surface area contributed by atoms with Crippen LogP contribution in [0.3, 0.4) is 0 Å². The molecule has 132 valence electrons. The van der Waals surface area contributed by atoms with Crippen LogP contribution in [0.1, 0.15) is 36.0 Å². The van der Waals surface area contributed by atoms with Crippen LogP contribution in [0.25, 0.3) is 0 Å². The second kappa shape index (κ2) is 7.01. The lowest BCUT2D eigenvalue weighted by atomic mass is 10.1. The maximum absolute atomic E-state index is 12.7. The predicted molar refractivity (Wildman–Crippen MR) is 82.9 cm³/mol. The molecule has 24 heavy (non-hydrogen) atoms. The van der Waals surface area contributed by atoms with Crippen molar-refractivity contribution in [1.29, 1.82) is 0 Å². The zero-order valence-corrected chi connectivity index (χ0v) is 13.4. The molecule has 0 bridgehead atoms. The number of benzene rings is 1. The number of hydrogen-bond donors (Lipinski definition) is 0. The molecule has 1 aromatic carbocycles. The lowest BCUT2D eigenvalue weighted by molar-refractivity contribution is -0.274. The molecule has 7 heteroatoms. The third-order valence-electron chi connectivity index (χ3n) is 4.64. The lowest BCUT2D eigenvalue weighted by Gasteiger charge is -2.28. The Kier molecular flexibility index (Phi) is 4.99. The number of ether oxygens (including phenoxy) is 1. The zero-order valence-electron chi connectivity index (χ0n) is 13.4. The van der Waals surface area contributed by atoms with Crippen LogP contribution in [0.4, 0.5) is 13.2 Å². The Morgan fingerprint density at radius 2 is 1.75 bits per heavy atom. The first-order valence-corrected chi connectivity index (χ1v) is 8.31. The van der Waals surface area contributed by atoms with Crippen LogP contribution in [-0.4, -0.2) is 54.3 Å². The van der Waals surface area contributed by atoms with E-state index in [0.717, 1.165) is 32.5 Å². The molecule has 0 spiro atoms. The van der Waals surface area contributed by atoms with E-state index in [1.807, 2.05) is 4.90 Å². The normalized spacial score (nSPS) is 22.1. The van der Waals surface area contributed by atoms with Crippen molar-refractivity contribution < 1.29 is 22.7 Å². The van der Waals surface area contributed by atoms with Crippen molar-refractivity contribution in [2.45, 2.75) is 38.1 Å². The number of nitrogens with zero attached hydrogens (tertiary/aromatic N) is 2. The molecule has 1 aromatic rings. The van der Waals surface area contributed by atoms with Crippen LogP contribution >= 0.6 is 0 Å². The average molecular weight is 342 g/mol. The molecule has 3 rings (SSSR count). The van der Waals surface area contributed by atoms with E-state index >= 15 is 0 Å². The Bertz CT molecular complexity index is 568. The summed E-state index contributed by atoms with van der Waals surface area (Å²) in [5.41, 5.74) is 0.401. The molecule has 1 amide bonds. The Morgan fingerprint density at radius 3 is 2.38 bits per heavy atom. The van der Waals surface area contributed by atoms with Gasteiger partial charge in [0.1, 0.15) is 5.75 Å². The van der Waals surface area contributed by atoms with Crippen molar-refractivity contribution in [2.24, 2.45) is 0 Å². The second-order valence-electron chi connectivity index (χ2n) is 6.37. The van der Waals surface area contributed by atoms with Gasteiger partial charge < -0.3 is 14.5 Å². The van der Waals surface area contributed by atoms with Crippen LogP contribution in [-0.2, 0) is 0 Å². The molecule has 2 heterocycles. The first-order valence-electron chi connectivity index (χ1n) is 8.31. The molecular formula is C17H21F3N2O2. The Balaban J connectivity index is 1.64. The van der Waals surface area contributed by atoms with Gasteiger partial charge in [-0.25, -0.2) is 0 Å². The number of carbonyl (C=O) groups excluding carboxylic acids is 1. The first kappa shape index (κ1) is 17.1. The summed E-state index contributed by atoms with van der Waals surface area (Å²) in [5.74, 6) is -0.427. The number of alkyl halides is 3. The maximum atomic E-state index is 12.7. The van der Waals surface area contributed by atoms with Crippen molar-refractivity contribution in [3.05, 3.63) is 29.8 Å².